The molecule has 0 spiro atoms. The van der Waals surface area contributed by atoms with Gasteiger partial charge in [-0.2, -0.15) is 0 Å². The normalized spacial score (nSPS) is 16.2. The molecule has 0 radical (unpaired) electrons. The number of furan rings is 1. The summed E-state index contributed by atoms with van der Waals surface area (Å²) >= 11 is 1.37. The average Bonchev–Trinajstić information content (AvgIpc) is 3.48. The molecule has 1 aliphatic rings. The number of nitrogens with zero attached hydrogens (tertiary/aromatic N) is 3. The van der Waals surface area contributed by atoms with E-state index >= 15 is 0 Å². The number of hydrogen-bond acceptors (Lipinski definition) is 6. The molecule has 1 N–H and O–H groups in total. The van der Waals surface area contributed by atoms with Crippen LogP contribution < -0.4 is 5.32 Å². The molecule has 0 saturated carbocycles. The SMILES string of the molecule is Cc1cccc(-c2nnc(SCC(=O)NCC3CCCO3)n2Cc2ccco2)c1. The van der Waals surface area contributed by atoms with Gasteiger partial charge in [0.1, 0.15) is 5.76 Å². The number of nitrogens with one attached hydrogen (secondary N) is 1. The highest BCUT2D eigenvalue weighted by Crippen LogP contribution is 2.26. The highest BCUT2D eigenvalue weighted by atomic mass is 32.2. The van der Waals surface area contributed by atoms with Crippen molar-refractivity contribution in [1.82, 2.24) is 20.1 Å². The van der Waals surface area contributed by atoms with Gasteiger partial charge < -0.3 is 14.5 Å². The van der Waals surface area contributed by atoms with Gasteiger partial charge in [-0.25, -0.2) is 0 Å². The minimum atomic E-state index is -0.0323. The summed E-state index contributed by atoms with van der Waals surface area (Å²) in [6.07, 6.45) is 3.86. The number of aryl methyl sites for hydroxylation is 1. The summed E-state index contributed by atoms with van der Waals surface area (Å²) in [6.45, 7) is 3.90. The van der Waals surface area contributed by atoms with Crippen molar-refractivity contribution in [3.8, 4) is 11.4 Å². The molecule has 1 amide bonds. The Bertz CT molecular complexity index is 949. The lowest BCUT2D eigenvalue weighted by Crippen LogP contribution is -2.32. The minimum absolute atomic E-state index is 0.0323. The van der Waals surface area contributed by atoms with Gasteiger partial charge in [0.2, 0.25) is 5.91 Å². The molecule has 3 heterocycles. The van der Waals surface area contributed by atoms with E-state index in [-0.39, 0.29) is 17.8 Å². The van der Waals surface area contributed by atoms with Crippen molar-refractivity contribution < 1.29 is 13.9 Å². The number of carbonyl (C=O) groups excluding carboxylic acids is 1. The Labute approximate surface area is 173 Å². The maximum atomic E-state index is 12.3. The van der Waals surface area contributed by atoms with E-state index in [1.165, 1.54) is 11.8 Å². The van der Waals surface area contributed by atoms with Crippen LogP contribution in [0.3, 0.4) is 0 Å². The molecule has 2 aromatic heterocycles. The summed E-state index contributed by atoms with van der Waals surface area (Å²) in [5.74, 6) is 1.81. The highest BCUT2D eigenvalue weighted by molar-refractivity contribution is 7.99. The Kier molecular flexibility index (Phi) is 6.31. The van der Waals surface area contributed by atoms with Crippen molar-refractivity contribution in [1.29, 1.82) is 0 Å². The van der Waals surface area contributed by atoms with E-state index in [2.05, 4.69) is 21.6 Å². The van der Waals surface area contributed by atoms with E-state index in [0.29, 0.717) is 18.2 Å². The average molecular weight is 413 g/mol. The van der Waals surface area contributed by atoms with Gasteiger partial charge in [0.25, 0.3) is 0 Å². The van der Waals surface area contributed by atoms with Crippen LogP contribution in [0, 0.1) is 6.92 Å². The van der Waals surface area contributed by atoms with Crippen LogP contribution in [0.1, 0.15) is 24.2 Å². The van der Waals surface area contributed by atoms with Gasteiger partial charge in [-0.1, -0.05) is 35.5 Å². The lowest BCUT2D eigenvalue weighted by molar-refractivity contribution is -0.119. The number of amides is 1. The first-order chi connectivity index (χ1) is 14.2. The van der Waals surface area contributed by atoms with Crippen molar-refractivity contribution in [3.05, 3.63) is 54.0 Å². The molecule has 3 aromatic rings. The number of aromatic nitrogens is 3. The van der Waals surface area contributed by atoms with E-state index in [9.17, 15) is 4.79 Å². The van der Waals surface area contributed by atoms with Crippen molar-refractivity contribution in [2.75, 3.05) is 18.9 Å². The Hall–Kier alpha value is -2.58. The molecule has 1 saturated heterocycles. The maximum Gasteiger partial charge on any atom is 0.230 e. The van der Waals surface area contributed by atoms with Crippen molar-refractivity contribution in [2.45, 2.75) is 37.6 Å². The van der Waals surface area contributed by atoms with Gasteiger partial charge in [-0.05, 0) is 38.0 Å². The summed E-state index contributed by atoms with van der Waals surface area (Å²) in [5, 5.41) is 12.4. The van der Waals surface area contributed by atoms with Gasteiger partial charge in [-0.3, -0.25) is 9.36 Å². The van der Waals surface area contributed by atoms with Crippen LogP contribution in [0.25, 0.3) is 11.4 Å². The van der Waals surface area contributed by atoms with Gasteiger partial charge in [0.05, 0.1) is 24.7 Å². The summed E-state index contributed by atoms with van der Waals surface area (Å²) in [5.41, 5.74) is 2.14. The summed E-state index contributed by atoms with van der Waals surface area (Å²) in [4.78, 5) is 12.3. The molecule has 29 heavy (non-hydrogen) atoms. The first-order valence-electron chi connectivity index (χ1n) is 9.73. The number of thioether (sulfide) groups is 1. The van der Waals surface area contributed by atoms with Crippen LogP contribution in [-0.4, -0.2) is 45.7 Å². The second kappa shape index (κ2) is 9.28. The number of benzene rings is 1. The third kappa shape index (κ3) is 5.07. The van der Waals surface area contributed by atoms with E-state index < -0.39 is 0 Å². The summed E-state index contributed by atoms with van der Waals surface area (Å²) < 4.78 is 13.1. The second-order valence-corrected chi connectivity index (χ2v) is 8.01. The molecule has 8 heteroatoms. The Morgan fingerprint density at radius 3 is 3.00 bits per heavy atom. The van der Waals surface area contributed by atoms with E-state index in [1.807, 2.05) is 41.8 Å². The van der Waals surface area contributed by atoms with Crippen LogP contribution >= 0.6 is 11.8 Å². The minimum Gasteiger partial charge on any atom is -0.467 e. The summed E-state index contributed by atoms with van der Waals surface area (Å²) in [7, 11) is 0. The Morgan fingerprint density at radius 1 is 1.31 bits per heavy atom. The van der Waals surface area contributed by atoms with Crippen LogP contribution in [-0.2, 0) is 16.1 Å². The van der Waals surface area contributed by atoms with Crippen molar-refractivity contribution in [2.24, 2.45) is 0 Å². The topological polar surface area (TPSA) is 82.2 Å². The smallest absolute Gasteiger partial charge is 0.230 e. The molecule has 1 aliphatic heterocycles. The predicted molar refractivity (Wildman–Crippen MR) is 111 cm³/mol. The number of hydrogen-bond donors (Lipinski definition) is 1. The first kappa shape index (κ1) is 19.7. The van der Waals surface area contributed by atoms with Gasteiger partial charge in [0, 0.05) is 18.7 Å². The third-order valence-corrected chi connectivity index (χ3v) is 5.74. The van der Waals surface area contributed by atoms with Crippen LogP contribution in [0.2, 0.25) is 0 Å². The maximum absolute atomic E-state index is 12.3. The Morgan fingerprint density at radius 2 is 2.24 bits per heavy atom. The van der Waals surface area contributed by atoms with Crippen LogP contribution in [0.5, 0.6) is 0 Å². The van der Waals surface area contributed by atoms with Gasteiger partial charge in [0.15, 0.2) is 11.0 Å². The molecule has 0 bridgehead atoms. The first-order valence-corrected chi connectivity index (χ1v) is 10.7. The molecule has 0 aliphatic carbocycles. The fourth-order valence-corrected chi connectivity index (χ4v) is 4.08. The standard InChI is InChI=1S/C21H24N4O3S/c1-15-5-2-6-16(11-15)20-23-24-21(25(20)13-18-8-4-10-28-18)29-14-19(26)22-12-17-7-3-9-27-17/h2,4-6,8,10-11,17H,3,7,9,12-14H2,1H3,(H,22,26). The van der Waals surface area contributed by atoms with Gasteiger partial charge >= 0.3 is 0 Å². The zero-order valence-electron chi connectivity index (χ0n) is 16.3. The predicted octanol–water partition coefficient (Wildman–Crippen LogP) is 3.28. The zero-order valence-corrected chi connectivity index (χ0v) is 17.2. The van der Waals surface area contributed by atoms with Crippen LogP contribution in [0.15, 0.2) is 52.2 Å². The Balaban J connectivity index is 1.47. The van der Waals surface area contributed by atoms with Gasteiger partial charge in [-0.15, -0.1) is 10.2 Å². The van der Waals surface area contributed by atoms with Crippen molar-refractivity contribution in [3.63, 3.8) is 0 Å². The second-order valence-electron chi connectivity index (χ2n) is 7.07. The molecular formula is C21H24N4O3S. The fraction of sp³-hybridized carbons (Fsp3) is 0.381. The molecule has 1 atom stereocenters. The quantitative estimate of drug-likeness (QED) is 0.572. The molecule has 1 unspecified atom stereocenters. The number of rotatable bonds is 8. The zero-order chi connectivity index (χ0) is 20.1. The van der Waals surface area contributed by atoms with Crippen LogP contribution in [0.4, 0.5) is 0 Å². The number of carbonyl (C=O) groups is 1. The molecule has 1 aromatic carbocycles. The third-order valence-electron chi connectivity index (χ3n) is 4.77. The lowest BCUT2D eigenvalue weighted by atomic mass is 10.1. The molecule has 4 rings (SSSR count). The number of ether oxygens (including phenoxy) is 1. The molecular weight excluding hydrogens is 388 g/mol. The molecule has 152 valence electrons. The highest BCUT2D eigenvalue weighted by Gasteiger charge is 2.19. The largest absolute Gasteiger partial charge is 0.467 e. The van der Waals surface area contributed by atoms with E-state index in [0.717, 1.165) is 42.2 Å². The lowest BCUT2D eigenvalue weighted by Gasteiger charge is -2.11. The molecule has 7 nitrogen and oxygen atoms in total. The molecule has 1 fully saturated rings. The van der Waals surface area contributed by atoms with E-state index in [4.69, 9.17) is 9.15 Å². The van der Waals surface area contributed by atoms with E-state index in [1.54, 1.807) is 6.26 Å². The summed E-state index contributed by atoms with van der Waals surface area (Å²) in [6, 6.07) is 11.9. The van der Waals surface area contributed by atoms with Crippen molar-refractivity contribution >= 4 is 17.7 Å². The monoisotopic (exact) mass is 412 g/mol. The fourth-order valence-electron chi connectivity index (χ4n) is 3.31.